The third-order valence-corrected chi connectivity index (χ3v) is 3.18. The van der Waals surface area contributed by atoms with Crippen LogP contribution in [0.5, 0.6) is 0 Å². The van der Waals surface area contributed by atoms with Crippen molar-refractivity contribution in [1.82, 2.24) is 0 Å². The summed E-state index contributed by atoms with van der Waals surface area (Å²) >= 11 is 6.95. The van der Waals surface area contributed by atoms with Crippen LogP contribution in [-0.4, -0.2) is 16.6 Å². The average molecular weight is 232 g/mol. The number of halogens is 1. The van der Waals surface area contributed by atoms with Crippen LogP contribution in [0.15, 0.2) is 23.1 Å². The van der Waals surface area contributed by atoms with Crippen LogP contribution in [0.25, 0.3) is 0 Å². The lowest BCUT2D eigenvalue weighted by atomic mass is 10.2. The first kappa shape index (κ1) is 11.3. The van der Waals surface area contributed by atoms with Gasteiger partial charge in [0.25, 0.3) is 5.69 Å². The van der Waals surface area contributed by atoms with E-state index in [0.29, 0.717) is 22.1 Å². The number of hydrogen-bond acceptors (Lipinski definition) is 3. The molecule has 0 radical (unpaired) electrons. The van der Waals surface area contributed by atoms with E-state index in [1.54, 1.807) is 19.1 Å². The molecule has 0 heterocycles. The summed E-state index contributed by atoms with van der Waals surface area (Å²) < 4.78 is 0. The van der Waals surface area contributed by atoms with Crippen LogP contribution in [0.4, 0.5) is 5.69 Å². The maximum atomic E-state index is 10.8. The Morgan fingerprint density at radius 3 is 2.86 bits per heavy atom. The molecule has 0 saturated carbocycles. The predicted octanol–water partition coefficient (Wildman–Crippen LogP) is 3.23. The second kappa shape index (κ2) is 5.22. The molecule has 0 bridgehead atoms. The highest BCUT2D eigenvalue weighted by molar-refractivity contribution is 7.99. The number of alkyl halides is 1. The first-order valence-electron chi connectivity index (χ1n) is 4.09. The van der Waals surface area contributed by atoms with Gasteiger partial charge in [0.1, 0.15) is 0 Å². The number of benzene rings is 1. The van der Waals surface area contributed by atoms with Crippen LogP contribution in [0, 0.1) is 17.0 Å². The maximum absolute atomic E-state index is 10.8. The van der Waals surface area contributed by atoms with Crippen molar-refractivity contribution < 1.29 is 4.92 Å². The molecule has 0 aliphatic carbocycles. The number of thioether (sulfide) groups is 1. The molecule has 0 N–H and O–H groups in total. The lowest BCUT2D eigenvalue weighted by Gasteiger charge is -2.03. The molecule has 5 heteroatoms. The molecule has 14 heavy (non-hydrogen) atoms. The summed E-state index contributed by atoms with van der Waals surface area (Å²) in [7, 11) is 0. The molecule has 3 nitrogen and oxygen atoms in total. The molecule has 1 aromatic carbocycles. The van der Waals surface area contributed by atoms with Crippen molar-refractivity contribution in [3.63, 3.8) is 0 Å². The highest BCUT2D eigenvalue weighted by atomic mass is 35.5. The summed E-state index contributed by atoms with van der Waals surface area (Å²) in [5.74, 6) is 1.18. The van der Waals surface area contributed by atoms with Gasteiger partial charge in [0, 0.05) is 17.2 Å². The number of nitrogens with zero attached hydrogens (tertiary/aromatic N) is 1. The molecule has 0 spiro atoms. The van der Waals surface area contributed by atoms with Crippen molar-refractivity contribution in [1.29, 1.82) is 0 Å². The van der Waals surface area contributed by atoms with E-state index in [4.69, 9.17) is 11.6 Å². The maximum Gasteiger partial charge on any atom is 0.285 e. The fourth-order valence-electron chi connectivity index (χ4n) is 1.13. The van der Waals surface area contributed by atoms with E-state index in [9.17, 15) is 10.1 Å². The van der Waals surface area contributed by atoms with Crippen LogP contribution >= 0.6 is 23.4 Å². The smallest absolute Gasteiger partial charge is 0.258 e. The molecule has 0 unspecified atom stereocenters. The summed E-state index contributed by atoms with van der Waals surface area (Å²) in [6.45, 7) is 1.74. The lowest BCUT2D eigenvalue weighted by Crippen LogP contribution is -1.94. The van der Waals surface area contributed by atoms with Gasteiger partial charge in [-0.15, -0.1) is 23.4 Å². The van der Waals surface area contributed by atoms with Gasteiger partial charge in [-0.25, -0.2) is 0 Å². The molecular formula is C9H10ClNO2S. The molecule has 1 aromatic rings. The van der Waals surface area contributed by atoms with Gasteiger partial charge in [-0.05, 0) is 13.0 Å². The van der Waals surface area contributed by atoms with Crippen LogP contribution in [0.2, 0.25) is 0 Å². The molecule has 0 aliphatic rings. The summed E-state index contributed by atoms with van der Waals surface area (Å²) in [4.78, 5) is 11.1. The normalized spacial score (nSPS) is 10.1. The van der Waals surface area contributed by atoms with E-state index in [-0.39, 0.29) is 10.6 Å². The summed E-state index contributed by atoms with van der Waals surface area (Å²) in [5.41, 5.74) is 0.886. The minimum absolute atomic E-state index is 0.197. The second-order valence-electron chi connectivity index (χ2n) is 2.72. The third-order valence-electron chi connectivity index (χ3n) is 1.72. The van der Waals surface area contributed by atoms with Crippen molar-refractivity contribution in [3.8, 4) is 0 Å². The highest BCUT2D eigenvalue weighted by Crippen LogP contribution is 2.31. The Bertz CT molecular complexity index is 344. The van der Waals surface area contributed by atoms with Gasteiger partial charge >= 0.3 is 0 Å². The van der Waals surface area contributed by atoms with Crippen molar-refractivity contribution in [3.05, 3.63) is 33.9 Å². The second-order valence-corrected chi connectivity index (χ2v) is 4.23. The van der Waals surface area contributed by atoms with Gasteiger partial charge in [0.15, 0.2) is 0 Å². The first-order valence-corrected chi connectivity index (χ1v) is 5.61. The van der Waals surface area contributed by atoms with Gasteiger partial charge in [-0.2, -0.15) is 0 Å². The summed E-state index contributed by atoms with van der Waals surface area (Å²) in [6.07, 6.45) is 0. The van der Waals surface area contributed by atoms with E-state index in [1.165, 1.54) is 11.8 Å². The molecule has 0 amide bonds. The average Bonchev–Trinajstić information content (AvgIpc) is 2.14. The Morgan fingerprint density at radius 2 is 2.29 bits per heavy atom. The first-order chi connectivity index (χ1) is 6.66. The van der Waals surface area contributed by atoms with Crippen LogP contribution < -0.4 is 0 Å². The number of hydrogen-bond donors (Lipinski definition) is 0. The minimum atomic E-state index is -0.341. The topological polar surface area (TPSA) is 43.1 Å². The van der Waals surface area contributed by atoms with Crippen LogP contribution in [0.3, 0.4) is 0 Å². The number of rotatable bonds is 4. The van der Waals surface area contributed by atoms with Crippen molar-refractivity contribution in [2.75, 3.05) is 11.6 Å². The Morgan fingerprint density at radius 1 is 1.57 bits per heavy atom. The largest absolute Gasteiger partial charge is 0.285 e. The zero-order chi connectivity index (χ0) is 10.6. The minimum Gasteiger partial charge on any atom is -0.258 e. The number of aryl methyl sites for hydroxylation is 1. The van der Waals surface area contributed by atoms with Crippen LogP contribution in [0.1, 0.15) is 5.56 Å². The zero-order valence-electron chi connectivity index (χ0n) is 7.70. The molecule has 0 saturated heterocycles. The molecule has 0 aliphatic heterocycles. The molecule has 0 aromatic heterocycles. The van der Waals surface area contributed by atoms with Gasteiger partial charge in [0.2, 0.25) is 0 Å². The fourth-order valence-corrected chi connectivity index (χ4v) is 2.21. The molecule has 1 rings (SSSR count). The standard InChI is InChI=1S/C9H10ClNO2S/c1-7-3-2-4-8(14-6-5-10)9(7)11(12)13/h2-4H,5-6H2,1H3. The van der Waals surface area contributed by atoms with Crippen LogP contribution in [-0.2, 0) is 0 Å². The van der Waals surface area contributed by atoms with E-state index >= 15 is 0 Å². The SMILES string of the molecule is Cc1cccc(SCCCl)c1[N+](=O)[O-]. The monoisotopic (exact) mass is 231 g/mol. The fraction of sp³-hybridized carbons (Fsp3) is 0.333. The Balaban J connectivity index is 3.02. The Kier molecular flexibility index (Phi) is 4.22. The van der Waals surface area contributed by atoms with Gasteiger partial charge < -0.3 is 0 Å². The zero-order valence-corrected chi connectivity index (χ0v) is 9.27. The Labute approximate surface area is 91.6 Å². The van der Waals surface area contributed by atoms with Crippen molar-refractivity contribution in [2.24, 2.45) is 0 Å². The van der Waals surface area contributed by atoms with Gasteiger partial charge in [0.05, 0.1) is 9.82 Å². The van der Waals surface area contributed by atoms with E-state index < -0.39 is 0 Å². The number of para-hydroxylation sites is 1. The quantitative estimate of drug-likeness (QED) is 0.346. The van der Waals surface area contributed by atoms with Crippen molar-refractivity contribution in [2.45, 2.75) is 11.8 Å². The predicted molar refractivity (Wildman–Crippen MR) is 59.3 cm³/mol. The molecule has 76 valence electrons. The van der Waals surface area contributed by atoms with E-state index in [1.807, 2.05) is 6.07 Å². The lowest BCUT2D eigenvalue weighted by molar-refractivity contribution is -0.388. The molecular weight excluding hydrogens is 222 g/mol. The number of nitro benzene ring substituents is 1. The van der Waals surface area contributed by atoms with Gasteiger partial charge in [-0.1, -0.05) is 12.1 Å². The number of nitro groups is 1. The summed E-state index contributed by atoms with van der Waals surface area (Å²) in [6, 6.07) is 5.31. The van der Waals surface area contributed by atoms with Crippen molar-refractivity contribution >= 4 is 29.1 Å². The molecule has 0 fully saturated rings. The Hall–Kier alpha value is -0.740. The highest BCUT2D eigenvalue weighted by Gasteiger charge is 2.16. The molecule has 0 atom stereocenters. The van der Waals surface area contributed by atoms with Gasteiger partial charge in [-0.3, -0.25) is 10.1 Å². The summed E-state index contributed by atoms with van der Waals surface area (Å²) in [5, 5.41) is 10.8. The third kappa shape index (κ3) is 2.62. The van der Waals surface area contributed by atoms with E-state index in [0.717, 1.165) is 0 Å². The van der Waals surface area contributed by atoms with E-state index in [2.05, 4.69) is 0 Å².